The van der Waals surface area contributed by atoms with Crippen molar-refractivity contribution in [3.05, 3.63) is 76.2 Å². The second kappa shape index (κ2) is 6.46. The van der Waals surface area contributed by atoms with E-state index < -0.39 is 0 Å². The Morgan fingerprint density at radius 1 is 1.09 bits per heavy atom. The van der Waals surface area contributed by atoms with Gasteiger partial charge in [0.25, 0.3) is 11.5 Å². The average molecular weight is 307 g/mol. The minimum absolute atomic E-state index is 0.243. The van der Waals surface area contributed by atoms with Gasteiger partial charge in [-0.25, -0.2) is 0 Å². The summed E-state index contributed by atoms with van der Waals surface area (Å²) in [6, 6.07) is 16.4. The monoisotopic (exact) mass is 307 g/mol. The van der Waals surface area contributed by atoms with Gasteiger partial charge < -0.3 is 15.6 Å². The fourth-order valence-corrected chi connectivity index (χ4v) is 2.49. The molecule has 0 atom stereocenters. The van der Waals surface area contributed by atoms with Crippen LogP contribution >= 0.6 is 0 Å². The van der Waals surface area contributed by atoms with Crippen LogP contribution in [0.5, 0.6) is 0 Å². The molecule has 3 rings (SSSR count). The lowest BCUT2D eigenvalue weighted by atomic mass is 10.1. The number of pyridine rings is 1. The highest BCUT2D eigenvalue weighted by Crippen LogP contribution is 2.14. The number of carbonyl (C=O) groups excluding carboxylic acids is 1. The molecule has 0 aliphatic rings. The molecule has 0 radical (unpaired) electrons. The molecule has 0 spiro atoms. The van der Waals surface area contributed by atoms with Crippen LogP contribution in [0, 0.1) is 0 Å². The average Bonchev–Trinajstić information content (AvgIpc) is 2.55. The molecule has 3 N–H and O–H groups in total. The van der Waals surface area contributed by atoms with Crippen LogP contribution in [-0.4, -0.2) is 17.9 Å². The van der Waals surface area contributed by atoms with Crippen LogP contribution in [0.4, 0.5) is 5.69 Å². The lowest BCUT2D eigenvalue weighted by Gasteiger charge is -2.08. The molecular formula is C18H17N3O2. The number of aromatic nitrogens is 1. The highest BCUT2D eigenvalue weighted by molar-refractivity contribution is 6.04. The van der Waals surface area contributed by atoms with Crippen LogP contribution in [-0.2, 0) is 6.54 Å². The van der Waals surface area contributed by atoms with Crippen LogP contribution < -0.4 is 16.2 Å². The Morgan fingerprint density at radius 2 is 1.91 bits per heavy atom. The number of hydrogen-bond acceptors (Lipinski definition) is 3. The Kier molecular flexibility index (Phi) is 4.21. The third-order valence-corrected chi connectivity index (χ3v) is 3.56. The van der Waals surface area contributed by atoms with Crippen molar-refractivity contribution in [1.29, 1.82) is 0 Å². The molecule has 5 nitrogen and oxygen atoms in total. The molecule has 116 valence electrons. The Morgan fingerprint density at radius 3 is 2.74 bits per heavy atom. The molecule has 3 aromatic rings. The van der Waals surface area contributed by atoms with Gasteiger partial charge in [-0.15, -0.1) is 0 Å². The topological polar surface area (TPSA) is 74.0 Å². The molecule has 0 saturated heterocycles. The lowest BCUT2D eigenvalue weighted by molar-refractivity contribution is 0.102. The molecule has 0 aliphatic heterocycles. The zero-order valence-electron chi connectivity index (χ0n) is 12.7. The molecule has 0 saturated carbocycles. The summed E-state index contributed by atoms with van der Waals surface area (Å²) in [7, 11) is 1.87. The zero-order chi connectivity index (χ0) is 16.2. The van der Waals surface area contributed by atoms with Crippen molar-refractivity contribution in [2.24, 2.45) is 0 Å². The van der Waals surface area contributed by atoms with Crippen LogP contribution in [0.1, 0.15) is 16.1 Å². The van der Waals surface area contributed by atoms with Gasteiger partial charge in [-0.1, -0.05) is 30.3 Å². The van der Waals surface area contributed by atoms with E-state index in [0.717, 1.165) is 17.5 Å². The second-order valence-corrected chi connectivity index (χ2v) is 5.28. The number of aromatic amines is 1. The van der Waals surface area contributed by atoms with Gasteiger partial charge in [-0.3, -0.25) is 9.59 Å². The van der Waals surface area contributed by atoms with Crippen LogP contribution in [0.2, 0.25) is 0 Å². The minimum Gasteiger partial charge on any atom is -0.321 e. The number of hydrogen-bond donors (Lipinski definition) is 3. The molecule has 0 bridgehead atoms. The summed E-state index contributed by atoms with van der Waals surface area (Å²) in [6.45, 7) is 0.719. The Balaban J connectivity index is 1.89. The van der Waals surface area contributed by atoms with Crippen molar-refractivity contribution < 1.29 is 4.79 Å². The summed E-state index contributed by atoms with van der Waals surface area (Å²) in [5.41, 5.74) is 1.74. The number of fused-ring (bicyclic) bond motifs is 1. The Hall–Kier alpha value is -2.92. The SMILES string of the molecule is CNCc1cccc(NC(=O)c2cc3ccccc3c(=O)[nH]2)c1. The summed E-state index contributed by atoms with van der Waals surface area (Å²) in [4.78, 5) is 27.1. The van der Waals surface area contributed by atoms with Crippen LogP contribution in [0.25, 0.3) is 10.8 Å². The van der Waals surface area contributed by atoms with Crippen molar-refractivity contribution in [1.82, 2.24) is 10.3 Å². The summed E-state index contributed by atoms with van der Waals surface area (Å²) < 4.78 is 0. The number of benzene rings is 2. The molecule has 1 heterocycles. The maximum atomic E-state index is 12.4. The predicted octanol–water partition coefficient (Wildman–Crippen LogP) is 2.50. The Bertz CT molecular complexity index is 915. The normalized spacial score (nSPS) is 10.7. The van der Waals surface area contributed by atoms with E-state index in [1.54, 1.807) is 18.2 Å². The maximum absolute atomic E-state index is 12.4. The number of H-pyrrole nitrogens is 1. The van der Waals surface area contributed by atoms with Gasteiger partial charge in [-0.05, 0) is 42.3 Å². The summed E-state index contributed by atoms with van der Waals surface area (Å²) in [5, 5.41) is 7.19. The number of amides is 1. The van der Waals surface area contributed by atoms with Crippen LogP contribution in [0.3, 0.4) is 0 Å². The maximum Gasteiger partial charge on any atom is 0.272 e. The van der Waals surface area contributed by atoms with Crippen molar-refractivity contribution in [2.45, 2.75) is 6.54 Å². The van der Waals surface area contributed by atoms with E-state index in [2.05, 4.69) is 15.6 Å². The van der Waals surface area contributed by atoms with E-state index in [4.69, 9.17) is 0 Å². The quantitative estimate of drug-likeness (QED) is 0.693. The molecular weight excluding hydrogens is 290 g/mol. The first kappa shape index (κ1) is 15.0. The highest BCUT2D eigenvalue weighted by Gasteiger charge is 2.10. The second-order valence-electron chi connectivity index (χ2n) is 5.28. The van der Waals surface area contributed by atoms with E-state index >= 15 is 0 Å². The molecule has 1 amide bonds. The molecule has 5 heteroatoms. The first-order chi connectivity index (χ1) is 11.2. The highest BCUT2D eigenvalue weighted by atomic mass is 16.2. The molecule has 1 aromatic heterocycles. The first-order valence-electron chi connectivity index (χ1n) is 7.34. The van der Waals surface area contributed by atoms with Gasteiger partial charge in [0, 0.05) is 17.6 Å². The summed E-state index contributed by atoms with van der Waals surface area (Å²) >= 11 is 0. The third kappa shape index (κ3) is 3.30. The third-order valence-electron chi connectivity index (χ3n) is 3.56. The summed E-state index contributed by atoms with van der Waals surface area (Å²) in [6.07, 6.45) is 0. The van der Waals surface area contributed by atoms with E-state index in [0.29, 0.717) is 11.1 Å². The van der Waals surface area contributed by atoms with Crippen molar-refractivity contribution in [3.8, 4) is 0 Å². The molecule has 0 aliphatic carbocycles. The first-order valence-corrected chi connectivity index (χ1v) is 7.34. The molecule has 23 heavy (non-hydrogen) atoms. The van der Waals surface area contributed by atoms with Gasteiger partial charge in [0.05, 0.1) is 0 Å². The lowest BCUT2D eigenvalue weighted by Crippen LogP contribution is -2.19. The zero-order valence-corrected chi connectivity index (χ0v) is 12.7. The minimum atomic E-state index is -0.338. The fourth-order valence-electron chi connectivity index (χ4n) is 2.49. The van der Waals surface area contributed by atoms with Gasteiger partial charge >= 0.3 is 0 Å². The molecule has 0 fully saturated rings. The standard InChI is InChI=1S/C18H17N3O2/c1-19-11-12-5-4-7-14(9-12)20-18(23)16-10-13-6-2-3-8-15(13)17(22)21-16/h2-10,19H,11H2,1H3,(H,20,23)(H,21,22). The van der Waals surface area contributed by atoms with Crippen molar-refractivity contribution in [2.75, 3.05) is 12.4 Å². The van der Waals surface area contributed by atoms with E-state index in [9.17, 15) is 9.59 Å². The van der Waals surface area contributed by atoms with E-state index in [1.165, 1.54) is 0 Å². The van der Waals surface area contributed by atoms with Crippen molar-refractivity contribution >= 4 is 22.4 Å². The van der Waals surface area contributed by atoms with Gasteiger partial charge in [0.2, 0.25) is 0 Å². The largest absolute Gasteiger partial charge is 0.321 e. The number of carbonyl (C=O) groups is 1. The number of anilines is 1. The number of rotatable bonds is 4. The molecule has 2 aromatic carbocycles. The van der Waals surface area contributed by atoms with Crippen molar-refractivity contribution in [3.63, 3.8) is 0 Å². The fraction of sp³-hybridized carbons (Fsp3) is 0.111. The molecule has 0 unspecified atom stereocenters. The van der Waals surface area contributed by atoms with E-state index in [1.807, 2.05) is 43.4 Å². The Labute approximate surface area is 133 Å². The predicted molar refractivity (Wildman–Crippen MR) is 91.7 cm³/mol. The summed E-state index contributed by atoms with van der Waals surface area (Å²) in [5.74, 6) is -0.338. The van der Waals surface area contributed by atoms with E-state index in [-0.39, 0.29) is 17.2 Å². The van der Waals surface area contributed by atoms with Gasteiger partial charge in [0.1, 0.15) is 5.69 Å². The van der Waals surface area contributed by atoms with Gasteiger partial charge in [0.15, 0.2) is 0 Å². The smallest absolute Gasteiger partial charge is 0.272 e. The van der Waals surface area contributed by atoms with Gasteiger partial charge in [-0.2, -0.15) is 0 Å². The van der Waals surface area contributed by atoms with Crippen LogP contribution in [0.15, 0.2) is 59.4 Å². The number of nitrogens with one attached hydrogen (secondary N) is 3.